The topological polar surface area (TPSA) is 3.24 Å². The lowest BCUT2D eigenvalue weighted by Crippen LogP contribution is -2.36. The van der Waals surface area contributed by atoms with Crippen LogP contribution in [-0.4, -0.2) is 39.4 Å². The van der Waals surface area contributed by atoms with E-state index in [0.717, 1.165) is 11.8 Å². The number of hydrogen-bond acceptors (Lipinski definition) is 1. The lowest BCUT2D eigenvalue weighted by Gasteiger charge is -2.33. The van der Waals surface area contributed by atoms with Gasteiger partial charge in [0, 0.05) is 0 Å². The van der Waals surface area contributed by atoms with Crippen LogP contribution in [0.1, 0.15) is 55.4 Å². The molecule has 0 spiro atoms. The maximum Gasteiger partial charge on any atom is 0.144 e. The second-order valence-corrected chi connectivity index (χ2v) is 8.09. The molecule has 0 fully saturated rings. The van der Waals surface area contributed by atoms with Gasteiger partial charge in [0.2, 0.25) is 0 Å². The molecule has 0 aromatic rings. The van der Waals surface area contributed by atoms with Gasteiger partial charge in [-0.25, -0.2) is 0 Å². The van der Waals surface area contributed by atoms with Crippen LogP contribution in [0.3, 0.4) is 0 Å². The molecule has 0 bridgehead atoms. The molecule has 0 saturated heterocycles. The fourth-order valence-corrected chi connectivity index (χ4v) is 1.65. The van der Waals surface area contributed by atoms with Crippen molar-refractivity contribution in [1.29, 1.82) is 0 Å². The molecule has 0 rings (SSSR count). The van der Waals surface area contributed by atoms with Crippen molar-refractivity contribution < 1.29 is 0 Å². The summed E-state index contributed by atoms with van der Waals surface area (Å²) in [6.45, 7) is 18.9. The van der Waals surface area contributed by atoms with Crippen LogP contribution in [-0.2, 0) is 0 Å². The molecule has 106 valence electrons. The fourth-order valence-electron chi connectivity index (χ4n) is 1.65. The van der Waals surface area contributed by atoms with Crippen LogP contribution in [0.25, 0.3) is 0 Å². The van der Waals surface area contributed by atoms with Crippen molar-refractivity contribution in [1.82, 2.24) is 4.90 Å². The zero-order valence-corrected chi connectivity index (χ0v) is 14.4. The molecular weight excluding hydrogens is 216 g/mol. The van der Waals surface area contributed by atoms with Crippen LogP contribution in [0.5, 0.6) is 0 Å². The Hall–Kier alpha value is 0.0899. The summed E-state index contributed by atoms with van der Waals surface area (Å²) >= 11 is 0. The van der Waals surface area contributed by atoms with Gasteiger partial charge in [-0.3, -0.25) is 0 Å². The quantitative estimate of drug-likeness (QED) is 0.597. The first kappa shape index (κ1) is 18.1. The van der Waals surface area contributed by atoms with Crippen molar-refractivity contribution in [2.45, 2.75) is 66.0 Å². The largest absolute Gasteiger partial charge is 0.322 e. The van der Waals surface area contributed by atoms with Crippen molar-refractivity contribution in [3.05, 3.63) is 0 Å². The van der Waals surface area contributed by atoms with Crippen molar-refractivity contribution in [2.75, 3.05) is 19.9 Å². The highest BCUT2D eigenvalue weighted by molar-refractivity contribution is 6.41. The van der Waals surface area contributed by atoms with Crippen LogP contribution in [0, 0.1) is 11.8 Å². The maximum absolute atomic E-state index is 2.51. The van der Waals surface area contributed by atoms with Gasteiger partial charge in [-0.2, -0.15) is 0 Å². The average molecular weight is 251 g/mol. The molecule has 3 heteroatoms. The van der Waals surface area contributed by atoms with E-state index in [0.29, 0.717) is 10.6 Å². The number of hydrogen-bond donors (Lipinski definition) is 0. The first-order valence-electron chi connectivity index (χ1n) is 7.67. The van der Waals surface area contributed by atoms with Gasteiger partial charge < -0.3 is 4.90 Å². The Morgan fingerprint density at radius 1 is 0.778 bits per heavy atom. The fraction of sp³-hybridized carbons (Fsp3) is 1.00. The predicted molar refractivity (Wildman–Crippen MR) is 89.6 cm³/mol. The van der Waals surface area contributed by atoms with Gasteiger partial charge in [0.15, 0.2) is 0 Å². The van der Waals surface area contributed by atoms with E-state index in [9.17, 15) is 0 Å². The molecule has 18 heavy (non-hydrogen) atoms. The monoisotopic (exact) mass is 251 g/mol. The van der Waals surface area contributed by atoms with Crippen molar-refractivity contribution in [2.24, 2.45) is 11.8 Å². The van der Waals surface area contributed by atoms with Gasteiger partial charge in [0.05, 0.1) is 0 Å². The summed E-state index contributed by atoms with van der Waals surface area (Å²) in [6, 6.07) is 0. The summed E-state index contributed by atoms with van der Waals surface area (Å²) in [5.41, 5.74) is 0. The van der Waals surface area contributed by atoms with Crippen molar-refractivity contribution >= 4 is 14.6 Å². The van der Waals surface area contributed by atoms with E-state index in [1.54, 1.807) is 0 Å². The minimum absolute atomic E-state index is 0.460. The molecular formula is C15H35B2N. The third-order valence-electron chi connectivity index (χ3n) is 5.40. The SMILES string of the molecule is CC(C)C(C)(C)BCN(C)CBC(C)(C)C(C)C. The van der Waals surface area contributed by atoms with E-state index in [-0.39, 0.29) is 0 Å². The molecule has 0 aromatic carbocycles. The standard InChI is InChI=1S/C15H35B2N/c1-12(2)14(5,6)16-10-18(9)11-17-15(7,8)13(3)4/h12-13,16-17H,10-11H2,1-9H3. The highest BCUT2D eigenvalue weighted by atomic mass is 15.1. The zero-order chi connectivity index (χ0) is 14.6. The molecule has 0 radical (unpaired) electrons. The van der Waals surface area contributed by atoms with E-state index in [1.165, 1.54) is 27.4 Å². The molecule has 0 heterocycles. The molecule has 0 aliphatic carbocycles. The van der Waals surface area contributed by atoms with Crippen LogP contribution in [0.4, 0.5) is 0 Å². The molecule has 0 atom stereocenters. The lowest BCUT2D eigenvalue weighted by atomic mass is 9.48. The third-order valence-corrected chi connectivity index (χ3v) is 5.40. The Balaban J connectivity index is 4.03. The molecule has 0 saturated carbocycles. The summed E-state index contributed by atoms with van der Waals surface area (Å²) < 4.78 is 0. The highest BCUT2D eigenvalue weighted by Crippen LogP contribution is 2.33. The lowest BCUT2D eigenvalue weighted by molar-refractivity contribution is 0.409. The van der Waals surface area contributed by atoms with Crippen molar-refractivity contribution in [3.63, 3.8) is 0 Å². The van der Waals surface area contributed by atoms with Crippen LogP contribution in [0.2, 0.25) is 10.6 Å². The highest BCUT2D eigenvalue weighted by Gasteiger charge is 2.26. The summed E-state index contributed by atoms with van der Waals surface area (Å²) in [4.78, 5) is 2.51. The van der Waals surface area contributed by atoms with E-state index < -0.39 is 0 Å². The number of nitrogens with zero attached hydrogens (tertiary/aromatic N) is 1. The molecule has 0 aliphatic heterocycles. The van der Waals surface area contributed by atoms with Gasteiger partial charge in [-0.05, 0) is 31.8 Å². The average Bonchev–Trinajstić information content (AvgIpc) is 2.23. The first-order valence-corrected chi connectivity index (χ1v) is 7.67. The van der Waals surface area contributed by atoms with E-state index in [2.05, 4.69) is 67.3 Å². The Morgan fingerprint density at radius 3 is 1.28 bits per heavy atom. The van der Waals surface area contributed by atoms with Gasteiger partial charge >= 0.3 is 0 Å². The summed E-state index contributed by atoms with van der Waals surface area (Å²) in [5, 5.41) is 0.920. The Morgan fingerprint density at radius 2 is 1.06 bits per heavy atom. The smallest absolute Gasteiger partial charge is 0.144 e. The molecule has 1 nitrogen and oxygen atoms in total. The minimum Gasteiger partial charge on any atom is -0.322 e. The summed E-state index contributed by atoms with van der Waals surface area (Å²) in [7, 11) is 4.86. The van der Waals surface area contributed by atoms with Gasteiger partial charge in [0.25, 0.3) is 0 Å². The minimum atomic E-state index is 0.460. The predicted octanol–water partition coefficient (Wildman–Crippen LogP) is 3.42. The van der Waals surface area contributed by atoms with Gasteiger partial charge in [-0.1, -0.05) is 66.0 Å². The zero-order valence-electron chi connectivity index (χ0n) is 14.4. The van der Waals surface area contributed by atoms with E-state index in [4.69, 9.17) is 0 Å². The second kappa shape index (κ2) is 7.03. The normalized spacial score (nSPS) is 13.6. The summed E-state index contributed by atoms with van der Waals surface area (Å²) in [6.07, 6.45) is 2.44. The van der Waals surface area contributed by atoms with E-state index in [1.807, 2.05) is 0 Å². The van der Waals surface area contributed by atoms with Crippen molar-refractivity contribution in [3.8, 4) is 0 Å². The molecule has 0 aromatic heterocycles. The van der Waals surface area contributed by atoms with Gasteiger partial charge in [0.1, 0.15) is 14.6 Å². The van der Waals surface area contributed by atoms with Gasteiger partial charge in [-0.15, -0.1) is 0 Å². The molecule has 0 N–H and O–H groups in total. The first-order chi connectivity index (χ1) is 7.99. The molecule has 0 amide bonds. The Kier molecular flexibility index (Phi) is 7.06. The van der Waals surface area contributed by atoms with Crippen LogP contribution < -0.4 is 0 Å². The maximum atomic E-state index is 2.51. The number of rotatable bonds is 8. The Labute approximate surface area is 118 Å². The molecule has 0 unspecified atom stereocenters. The summed E-state index contributed by atoms with van der Waals surface area (Å²) in [5.74, 6) is 1.52. The van der Waals surface area contributed by atoms with Crippen LogP contribution in [0.15, 0.2) is 0 Å². The Bertz CT molecular complexity index is 211. The second-order valence-electron chi connectivity index (χ2n) is 8.09. The molecule has 0 aliphatic rings. The third kappa shape index (κ3) is 6.31. The van der Waals surface area contributed by atoms with E-state index >= 15 is 0 Å². The van der Waals surface area contributed by atoms with Crippen LogP contribution >= 0.6 is 0 Å².